The smallest absolute Gasteiger partial charge is 0.332 e. The van der Waals surface area contributed by atoms with Crippen LogP contribution < -0.4 is 16.6 Å². The van der Waals surface area contributed by atoms with E-state index in [4.69, 9.17) is 17.0 Å². The fourth-order valence-electron chi connectivity index (χ4n) is 3.34. The molecule has 3 rings (SSSR count). The first-order valence-corrected chi connectivity index (χ1v) is 10.6. The molecule has 2 aromatic rings. The summed E-state index contributed by atoms with van der Waals surface area (Å²) in [6.45, 7) is 6.66. The predicted molar refractivity (Wildman–Crippen MR) is 113 cm³/mol. The molecule has 10 heteroatoms. The minimum Gasteiger partial charge on any atom is -0.380 e. The van der Waals surface area contributed by atoms with Crippen molar-refractivity contribution in [3.8, 4) is 0 Å². The van der Waals surface area contributed by atoms with Gasteiger partial charge in [-0.05, 0) is 38.0 Å². The molecule has 0 amide bonds. The summed E-state index contributed by atoms with van der Waals surface area (Å²) in [5.74, 6) is 0. The molecule has 0 spiro atoms. The highest BCUT2D eigenvalue weighted by Gasteiger charge is 2.23. The number of halogens is 1. The van der Waals surface area contributed by atoms with Crippen LogP contribution in [0.25, 0.3) is 10.2 Å². The Kier molecular flexibility index (Phi) is 6.84. The van der Waals surface area contributed by atoms with E-state index in [2.05, 4.69) is 5.32 Å². The van der Waals surface area contributed by atoms with E-state index in [0.29, 0.717) is 28.5 Å². The van der Waals surface area contributed by atoms with E-state index in [9.17, 15) is 14.0 Å². The lowest BCUT2D eigenvalue weighted by molar-refractivity contribution is 0.137. The topological polar surface area (TPSA) is 68.5 Å². The Labute approximate surface area is 171 Å². The van der Waals surface area contributed by atoms with Crippen LogP contribution in [0, 0.1) is 6.92 Å². The van der Waals surface area contributed by atoms with E-state index in [1.807, 2.05) is 18.7 Å². The number of aryl methyl sites for hydroxylation is 2. The fourth-order valence-corrected chi connectivity index (χ4v) is 4.93. The molecule has 0 radical (unpaired) electrons. The molecule has 3 heterocycles. The Morgan fingerprint density at radius 1 is 1.29 bits per heavy atom. The maximum absolute atomic E-state index is 13.1. The predicted octanol–water partition coefficient (Wildman–Crippen LogP) is 1.62. The molecule has 0 unspecified atom stereocenters. The molecule has 1 aliphatic heterocycles. The van der Waals surface area contributed by atoms with Gasteiger partial charge < -0.3 is 15.0 Å². The summed E-state index contributed by atoms with van der Waals surface area (Å²) >= 11 is 6.74. The molecule has 28 heavy (non-hydrogen) atoms. The van der Waals surface area contributed by atoms with E-state index < -0.39 is 12.4 Å². The molecule has 1 N–H and O–H groups in total. The third kappa shape index (κ3) is 3.99. The molecule has 0 bridgehead atoms. The van der Waals surface area contributed by atoms with E-state index in [0.717, 1.165) is 23.5 Å². The van der Waals surface area contributed by atoms with Crippen molar-refractivity contribution in [3.63, 3.8) is 0 Å². The summed E-state index contributed by atoms with van der Waals surface area (Å²) in [4.78, 5) is 29.7. The molecular weight excluding hydrogens is 403 g/mol. The molecule has 1 aliphatic rings. The average molecular weight is 429 g/mol. The monoisotopic (exact) mass is 428 g/mol. The molecule has 154 valence electrons. The Hall–Kier alpha value is -1.78. The molecule has 0 saturated carbocycles. The second-order valence-corrected chi connectivity index (χ2v) is 8.08. The number of hydrogen-bond acceptors (Lipinski definition) is 5. The van der Waals surface area contributed by atoms with Crippen LogP contribution in [0.4, 0.5) is 4.39 Å². The van der Waals surface area contributed by atoms with E-state index in [1.54, 1.807) is 0 Å². The van der Waals surface area contributed by atoms with Crippen molar-refractivity contribution in [2.75, 3.05) is 33.0 Å². The van der Waals surface area contributed by atoms with Crippen molar-refractivity contribution in [3.05, 3.63) is 31.3 Å². The van der Waals surface area contributed by atoms with Crippen molar-refractivity contribution < 1.29 is 9.13 Å². The molecular formula is C18H25FN4O3S2. The second kappa shape index (κ2) is 9.15. The number of aromatic nitrogens is 2. The van der Waals surface area contributed by atoms with Gasteiger partial charge in [0.2, 0.25) is 0 Å². The molecule has 0 aromatic carbocycles. The average Bonchev–Trinajstić information content (AvgIpc) is 3.22. The van der Waals surface area contributed by atoms with Crippen molar-refractivity contribution >= 4 is 38.9 Å². The Morgan fingerprint density at radius 3 is 2.71 bits per heavy atom. The number of thiophene rings is 1. The highest BCUT2D eigenvalue weighted by atomic mass is 32.1. The number of thiocarbonyl (C=S) groups is 1. The summed E-state index contributed by atoms with van der Waals surface area (Å²) in [5, 5.41) is 4.36. The van der Waals surface area contributed by atoms with Gasteiger partial charge in [0, 0.05) is 31.1 Å². The standard InChI is InChI=1S/C18H25FN4O3S2/c1-3-26-10-9-22-15(24)14-12(2)13(11-21-8-6-20-17(21)27)28-16(14)23(18(22)25)7-4-5-19/h3-11H2,1-2H3,(H,20,27). The largest absolute Gasteiger partial charge is 0.380 e. The van der Waals surface area contributed by atoms with Crippen LogP contribution >= 0.6 is 23.6 Å². The number of hydrogen-bond donors (Lipinski definition) is 1. The van der Waals surface area contributed by atoms with Gasteiger partial charge in [-0.25, -0.2) is 4.79 Å². The van der Waals surface area contributed by atoms with Gasteiger partial charge in [0.25, 0.3) is 5.56 Å². The van der Waals surface area contributed by atoms with Crippen molar-refractivity contribution in [1.29, 1.82) is 0 Å². The van der Waals surface area contributed by atoms with Crippen molar-refractivity contribution in [2.24, 2.45) is 0 Å². The van der Waals surface area contributed by atoms with Crippen molar-refractivity contribution in [1.82, 2.24) is 19.4 Å². The van der Waals surface area contributed by atoms with Crippen LogP contribution in [-0.2, 0) is 24.4 Å². The highest BCUT2D eigenvalue weighted by molar-refractivity contribution is 7.80. The molecule has 7 nitrogen and oxygen atoms in total. The zero-order chi connectivity index (χ0) is 20.3. The van der Waals surface area contributed by atoms with Gasteiger partial charge in [0.15, 0.2) is 5.11 Å². The zero-order valence-electron chi connectivity index (χ0n) is 16.1. The lowest BCUT2D eigenvalue weighted by atomic mass is 10.2. The molecule has 1 fully saturated rings. The van der Waals surface area contributed by atoms with Crippen molar-refractivity contribution in [2.45, 2.75) is 39.9 Å². The summed E-state index contributed by atoms with van der Waals surface area (Å²) in [6.07, 6.45) is 0.227. The first kappa shape index (κ1) is 20.9. The van der Waals surface area contributed by atoms with Gasteiger partial charge >= 0.3 is 5.69 Å². The first-order chi connectivity index (χ1) is 13.5. The number of ether oxygens (including phenoxy) is 1. The van der Waals surface area contributed by atoms with E-state index in [1.165, 1.54) is 20.5 Å². The third-order valence-corrected chi connectivity index (χ3v) is 6.55. The maximum atomic E-state index is 13.1. The van der Waals surface area contributed by atoms with Gasteiger partial charge in [0.1, 0.15) is 4.83 Å². The van der Waals surface area contributed by atoms with Gasteiger partial charge in [-0.1, -0.05) is 0 Å². The summed E-state index contributed by atoms with van der Waals surface area (Å²) in [5.41, 5.74) is 0.147. The van der Waals surface area contributed by atoms with Crippen LogP contribution in [0.1, 0.15) is 23.8 Å². The van der Waals surface area contributed by atoms with Crippen LogP contribution in [-0.4, -0.2) is 52.1 Å². The number of nitrogens with one attached hydrogen (secondary N) is 1. The quantitative estimate of drug-likeness (QED) is 0.484. The zero-order valence-corrected chi connectivity index (χ0v) is 17.8. The van der Waals surface area contributed by atoms with Crippen LogP contribution in [0.15, 0.2) is 9.59 Å². The van der Waals surface area contributed by atoms with Gasteiger partial charge in [0.05, 0.1) is 31.8 Å². The summed E-state index contributed by atoms with van der Waals surface area (Å²) in [7, 11) is 0. The first-order valence-electron chi connectivity index (χ1n) is 9.41. The van der Waals surface area contributed by atoms with Gasteiger partial charge in [-0.3, -0.25) is 18.3 Å². The van der Waals surface area contributed by atoms with Crippen LogP contribution in [0.5, 0.6) is 0 Å². The third-order valence-electron chi connectivity index (χ3n) is 4.85. The summed E-state index contributed by atoms with van der Waals surface area (Å²) < 4.78 is 20.9. The van der Waals surface area contributed by atoms with Gasteiger partial charge in [-0.2, -0.15) is 0 Å². The minimum atomic E-state index is -0.517. The lowest BCUT2D eigenvalue weighted by Gasteiger charge is -2.15. The molecule has 0 atom stereocenters. The number of alkyl halides is 1. The Balaban J connectivity index is 2.11. The van der Waals surface area contributed by atoms with E-state index >= 15 is 0 Å². The second-order valence-electron chi connectivity index (χ2n) is 6.61. The SMILES string of the molecule is CCOCCn1c(=O)c2c(C)c(CN3CCNC3=S)sc2n(CCCF)c1=O. The number of nitrogens with zero attached hydrogens (tertiary/aromatic N) is 3. The highest BCUT2D eigenvalue weighted by Crippen LogP contribution is 2.29. The fraction of sp³-hybridized carbons (Fsp3) is 0.611. The van der Waals surface area contributed by atoms with E-state index in [-0.39, 0.29) is 31.7 Å². The Bertz CT molecular complexity index is 982. The normalized spacial score (nSPS) is 14.2. The van der Waals surface area contributed by atoms with Gasteiger partial charge in [-0.15, -0.1) is 11.3 Å². The molecule has 2 aromatic heterocycles. The molecule has 1 saturated heterocycles. The Morgan fingerprint density at radius 2 is 2.07 bits per heavy atom. The number of fused-ring (bicyclic) bond motifs is 1. The van der Waals surface area contributed by atoms with Crippen LogP contribution in [0.3, 0.4) is 0 Å². The van der Waals surface area contributed by atoms with Crippen LogP contribution in [0.2, 0.25) is 0 Å². The molecule has 0 aliphatic carbocycles. The number of rotatable bonds is 9. The maximum Gasteiger partial charge on any atom is 0.332 e. The minimum absolute atomic E-state index is 0.182. The summed E-state index contributed by atoms with van der Waals surface area (Å²) in [6, 6.07) is 0. The lowest BCUT2D eigenvalue weighted by Crippen LogP contribution is -2.40.